The summed E-state index contributed by atoms with van der Waals surface area (Å²) in [7, 11) is 0. The summed E-state index contributed by atoms with van der Waals surface area (Å²) in [5.41, 5.74) is 6.94. The number of carbonyl (C=O) groups is 1. The van der Waals surface area contributed by atoms with Gasteiger partial charge in [-0.15, -0.1) is 0 Å². The molecule has 1 amide bonds. The van der Waals surface area contributed by atoms with Gasteiger partial charge in [0.1, 0.15) is 5.69 Å². The summed E-state index contributed by atoms with van der Waals surface area (Å²) >= 11 is 0. The highest BCUT2D eigenvalue weighted by atomic mass is 16.1. The number of rotatable bonds is 6. The predicted octanol–water partition coefficient (Wildman–Crippen LogP) is 1.23. The van der Waals surface area contributed by atoms with Crippen LogP contribution in [0.1, 0.15) is 31.3 Å². The van der Waals surface area contributed by atoms with E-state index >= 15 is 0 Å². The normalized spacial score (nSPS) is 13.8. The van der Waals surface area contributed by atoms with Crippen LogP contribution in [0.3, 0.4) is 0 Å². The molecule has 4 N–H and O–H groups in total. The molecule has 0 aliphatic heterocycles. The van der Waals surface area contributed by atoms with Gasteiger partial charge >= 0.3 is 0 Å². The Bertz CT molecular complexity index is 394. The van der Waals surface area contributed by atoms with E-state index < -0.39 is 0 Å². The first-order chi connectivity index (χ1) is 8.58. The van der Waals surface area contributed by atoms with Crippen LogP contribution in [0.25, 0.3) is 0 Å². The number of aromatic nitrogens is 1. The number of amides is 1. The smallest absolute Gasteiger partial charge is 0.269 e. The fourth-order valence-corrected chi connectivity index (χ4v) is 1.50. The number of anilines is 1. The zero-order valence-corrected chi connectivity index (χ0v) is 11.2. The lowest BCUT2D eigenvalue weighted by Crippen LogP contribution is -2.29. The third-order valence-corrected chi connectivity index (χ3v) is 2.95. The van der Waals surface area contributed by atoms with Crippen LogP contribution in [-0.4, -0.2) is 30.0 Å². The molecule has 1 aromatic heterocycles. The quantitative estimate of drug-likeness (QED) is 0.709. The van der Waals surface area contributed by atoms with Gasteiger partial charge in [0.25, 0.3) is 5.91 Å². The maximum Gasteiger partial charge on any atom is 0.269 e. The van der Waals surface area contributed by atoms with Gasteiger partial charge in [0.2, 0.25) is 0 Å². The van der Waals surface area contributed by atoms with E-state index in [-0.39, 0.29) is 11.9 Å². The molecule has 2 atom stereocenters. The van der Waals surface area contributed by atoms with E-state index in [1.807, 2.05) is 13.0 Å². The molecule has 0 aliphatic rings. The fourth-order valence-electron chi connectivity index (χ4n) is 1.50. The summed E-state index contributed by atoms with van der Waals surface area (Å²) < 4.78 is 0. The largest absolute Gasteiger partial charge is 0.382 e. The van der Waals surface area contributed by atoms with Crippen LogP contribution in [-0.2, 0) is 0 Å². The lowest BCUT2D eigenvalue weighted by Gasteiger charge is -2.21. The predicted molar refractivity (Wildman–Crippen MR) is 73.5 cm³/mol. The fraction of sp³-hybridized carbons (Fsp3) is 0.538. The molecule has 0 aromatic carbocycles. The Labute approximate surface area is 108 Å². The molecule has 1 aromatic rings. The number of nitrogens with two attached hydrogens (primary N) is 1. The third kappa shape index (κ3) is 4.00. The minimum Gasteiger partial charge on any atom is -0.382 e. The van der Waals surface area contributed by atoms with Crippen molar-refractivity contribution in [3.05, 3.63) is 24.0 Å². The number of carbonyl (C=O) groups excluding carboxylic acids is 1. The number of hydrogen-bond acceptors (Lipinski definition) is 4. The zero-order chi connectivity index (χ0) is 13.5. The number of nitrogens with zero attached hydrogens (tertiary/aromatic N) is 1. The second-order valence-corrected chi connectivity index (χ2v) is 4.44. The van der Waals surface area contributed by atoms with Crippen molar-refractivity contribution in [2.45, 2.75) is 26.8 Å². The first kappa shape index (κ1) is 14.4. The summed E-state index contributed by atoms with van der Waals surface area (Å²) in [6.45, 7) is 7.26. The van der Waals surface area contributed by atoms with Crippen LogP contribution in [0.2, 0.25) is 0 Å². The van der Waals surface area contributed by atoms with Gasteiger partial charge in [-0.1, -0.05) is 6.92 Å². The van der Waals surface area contributed by atoms with Crippen molar-refractivity contribution in [3.63, 3.8) is 0 Å². The van der Waals surface area contributed by atoms with E-state index in [1.165, 1.54) is 0 Å². The summed E-state index contributed by atoms with van der Waals surface area (Å²) in [6, 6.07) is 3.85. The summed E-state index contributed by atoms with van der Waals surface area (Å²) in [4.78, 5) is 15.7. The van der Waals surface area contributed by atoms with Crippen molar-refractivity contribution in [3.8, 4) is 0 Å². The van der Waals surface area contributed by atoms with Crippen molar-refractivity contribution in [1.29, 1.82) is 0 Å². The van der Waals surface area contributed by atoms with Crippen LogP contribution >= 0.6 is 0 Å². The minimum absolute atomic E-state index is 0.152. The molecule has 0 spiro atoms. The van der Waals surface area contributed by atoms with Gasteiger partial charge in [0.05, 0.1) is 0 Å². The average Bonchev–Trinajstić information content (AvgIpc) is 2.38. The maximum absolute atomic E-state index is 11.7. The SMILES string of the molecule is CCNC(=O)c1cc(NC(C)C(C)CN)ccn1. The molecule has 18 heavy (non-hydrogen) atoms. The Morgan fingerprint density at radius 1 is 1.50 bits per heavy atom. The van der Waals surface area contributed by atoms with Crippen LogP contribution in [0.5, 0.6) is 0 Å². The van der Waals surface area contributed by atoms with E-state index in [2.05, 4.69) is 29.5 Å². The third-order valence-electron chi connectivity index (χ3n) is 2.95. The highest BCUT2D eigenvalue weighted by Gasteiger charge is 2.11. The van der Waals surface area contributed by atoms with E-state index in [0.29, 0.717) is 24.7 Å². The molecule has 0 radical (unpaired) electrons. The average molecular weight is 250 g/mol. The molecule has 2 unspecified atom stereocenters. The molecule has 1 rings (SSSR count). The Kier molecular flexibility index (Phi) is 5.58. The highest BCUT2D eigenvalue weighted by Crippen LogP contribution is 2.12. The summed E-state index contributed by atoms with van der Waals surface area (Å²) in [6.07, 6.45) is 1.63. The molecule has 0 aliphatic carbocycles. The van der Waals surface area contributed by atoms with Crippen LogP contribution in [0.15, 0.2) is 18.3 Å². The van der Waals surface area contributed by atoms with Crippen molar-refractivity contribution in [2.24, 2.45) is 11.7 Å². The summed E-state index contributed by atoms with van der Waals surface area (Å²) in [5, 5.41) is 6.06. The van der Waals surface area contributed by atoms with Gasteiger partial charge in [-0.2, -0.15) is 0 Å². The van der Waals surface area contributed by atoms with Crippen LogP contribution in [0.4, 0.5) is 5.69 Å². The lowest BCUT2D eigenvalue weighted by atomic mass is 10.0. The van der Waals surface area contributed by atoms with E-state index in [9.17, 15) is 4.79 Å². The lowest BCUT2D eigenvalue weighted by molar-refractivity contribution is 0.0951. The Hall–Kier alpha value is -1.62. The first-order valence-electron chi connectivity index (χ1n) is 6.29. The molecule has 0 saturated heterocycles. The zero-order valence-electron chi connectivity index (χ0n) is 11.2. The number of hydrogen-bond donors (Lipinski definition) is 3. The van der Waals surface area contributed by atoms with Gasteiger partial charge in [0, 0.05) is 24.5 Å². The van der Waals surface area contributed by atoms with Crippen molar-refractivity contribution >= 4 is 11.6 Å². The molecule has 0 fully saturated rings. The highest BCUT2D eigenvalue weighted by molar-refractivity contribution is 5.93. The summed E-state index contributed by atoms with van der Waals surface area (Å²) in [5.74, 6) is 0.215. The monoisotopic (exact) mass is 250 g/mol. The van der Waals surface area contributed by atoms with Crippen molar-refractivity contribution in [1.82, 2.24) is 10.3 Å². The number of nitrogens with one attached hydrogen (secondary N) is 2. The molecule has 1 heterocycles. The molecule has 0 bridgehead atoms. The molecular weight excluding hydrogens is 228 g/mol. The Balaban J connectivity index is 2.73. The van der Waals surface area contributed by atoms with Gasteiger partial charge in [-0.25, -0.2) is 0 Å². The first-order valence-corrected chi connectivity index (χ1v) is 6.29. The molecule has 0 saturated carbocycles. The second kappa shape index (κ2) is 6.96. The standard InChI is InChI=1S/C13H22N4O/c1-4-15-13(18)12-7-11(5-6-16-12)17-10(3)9(2)8-14/h5-7,9-10H,4,8,14H2,1-3H3,(H,15,18)(H,16,17). The molecule has 100 valence electrons. The van der Waals surface area contributed by atoms with E-state index in [0.717, 1.165) is 5.69 Å². The Morgan fingerprint density at radius 3 is 2.83 bits per heavy atom. The topological polar surface area (TPSA) is 80.0 Å². The molecular formula is C13H22N4O. The van der Waals surface area contributed by atoms with E-state index in [1.54, 1.807) is 12.3 Å². The van der Waals surface area contributed by atoms with Crippen molar-refractivity contribution in [2.75, 3.05) is 18.4 Å². The molecule has 5 nitrogen and oxygen atoms in total. The number of pyridine rings is 1. The van der Waals surface area contributed by atoms with Crippen molar-refractivity contribution < 1.29 is 4.79 Å². The van der Waals surface area contributed by atoms with Gasteiger partial charge in [-0.05, 0) is 38.4 Å². The van der Waals surface area contributed by atoms with Gasteiger partial charge < -0.3 is 16.4 Å². The molecule has 5 heteroatoms. The van der Waals surface area contributed by atoms with Gasteiger partial charge in [0.15, 0.2) is 0 Å². The second-order valence-electron chi connectivity index (χ2n) is 4.44. The Morgan fingerprint density at radius 2 is 2.22 bits per heavy atom. The van der Waals surface area contributed by atoms with E-state index in [4.69, 9.17) is 5.73 Å². The maximum atomic E-state index is 11.7. The minimum atomic E-state index is -0.152. The van der Waals surface area contributed by atoms with Crippen LogP contribution < -0.4 is 16.4 Å². The van der Waals surface area contributed by atoms with Gasteiger partial charge in [-0.3, -0.25) is 9.78 Å². The van der Waals surface area contributed by atoms with Crippen LogP contribution in [0, 0.1) is 5.92 Å².